The number of thiophene rings is 1. The molecule has 0 N–H and O–H groups in total. The molecule has 2 heterocycles. The Kier molecular flexibility index (Phi) is 4.65. The summed E-state index contributed by atoms with van der Waals surface area (Å²) in [7, 11) is 0. The van der Waals surface area contributed by atoms with E-state index < -0.39 is 0 Å². The van der Waals surface area contributed by atoms with Gasteiger partial charge in [-0.05, 0) is 36.2 Å². The van der Waals surface area contributed by atoms with Crippen LogP contribution in [0.3, 0.4) is 0 Å². The predicted molar refractivity (Wildman–Crippen MR) is 112 cm³/mol. The van der Waals surface area contributed by atoms with Crippen LogP contribution in [0.2, 0.25) is 0 Å². The van der Waals surface area contributed by atoms with Gasteiger partial charge in [0.1, 0.15) is 4.83 Å². The van der Waals surface area contributed by atoms with Crippen molar-refractivity contribution >= 4 is 37.5 Å². The van der Waals surface area contributed by atoms with Gasteiger partial charge in [-0.25, -0.2) is 4.98 Å². The Morgan fingerprint density at radius 2 is 2.07 bits per heavy atom. The summed E-state index contributed by atoms with van der Waals surface area (Å²) >= 11 is 5.07. The standard InChI is InChI=1S/C21H14BrN3OS/c1-13-5-6-18(22)16(7-13)17-11-27-20-19(17)21(26)25(12-24-20)10-15-4-2-3-14(8-15)9-23/h2-8,11-12H,10H2,1H3. The molecule has 6 heteroatoms. The topological polar surface area (TPSA) is 58.7 Å². The molecule has 0 spiro atoms. The third-order valence-electron chi connectivity index (χ3n) is 4.38. The maximum absolute atomic E-state index is 13.2. The summed E-state index contributed by atoms with van der Waals surface area (Å²) in [6.45, 7) is 2.41. The highest BCUT2D eigenvalue weighted by Gasteiger charge is 2.15. The first-order valence-electron chi connectivity index (χ1n) is 8.29. The summed E-state index contributed by atoms with van der Waals surface area (Å²) in [5, 5.41) is 11.7. The Labute approximate surface area is 168 Å². The molecule has 0 aliphatic heterocycles. The van der Waals surface area contributed by atoms with E-state index in [1.807, 2.05) is 36.6 Å². The minimum absolute atomic E-state index is 0.0768. The molecule has 2 aromatic carbocycles. The van der Waals surface area contributed by atoms with Crippen LogP contribution in [0.1, 0.15) is 16.7 Å². The van der Waals surface area contributed by atoms with Crippen molar-refractivity contribution in [2.75, 3.05) is 0 Å². The van der Waals surface area contributed by atoms with Crippen LogP contribution in [-0.2, 0) is 6.54 Å². The van der Waals surface area contributed by atoms with Gasteiger partial charge in [-0.1, -0.05) is 45.8 Å². The molecule has 0 bridgehead atoms. The van der Waals surface area contributed by atoms with Gasteiger partial charge in [0.2, 0.25) is 0 Å². The van der Waals surface area contributed by atoms with Crippen molar-refractivity contribution in [2.24, 2.45) is 0 Å². The van der Waals surface area contributed by atoms with Gasteiger partial charge in [-0.15, -0.1) is 11.3 Å². The molecule has 132 valence electrons. The third-order valence-corrected chi connectivity index (χ3v) is 5.96. The van der Waals surface area contributed by atoms with Crippen molar-refractivity contribution < 1.29 is 0 Å². The third kappa shape index (κ3) is 3.32. The van der Waals surface area contributed by atoms with Gasteiger partial charge in [0.05, 0.1) is 29.9 Å². The van der Waals surface area contributed by atoms with Gasteiger partial charge >= 0.3 is 0 Å². The Hall–Kier alpha value is -2.75. The molecule has 0 saturated carbocycles. The fourth-order valence-electron chi connectivity index (χ4n) is 3.06. The van der Waals surface area contributed by atoms with Crippen LogP contribution in [0, 0.1) is 18.3 Å². The molecule has 0 aliphatic carbocycles. The fraction of sp³-hybridized carbons (Fsp3) is 0.0952. The van der Waals surface area contributed by atoms with Gasteiger partial charge in [-0.2, -0.15) is 5.26 Å². The second kappa shape index (κ2) is 7.10. The lowest BCUT2D eigenvalue weighted by molar-refractivity contribution is 0.749. The van der Waals surface area contributed by atoms with Crippen molar-refractivity contribution in [3.05, 3.63) is 85.7 Å². The zero-order valence-electron chi connectivity index (χ0n) is 14.4. The van der Waals surface area contributed by atoms with Crippen molar-refractivity contribution in [1.82, 2.24) is 9.55 Å². The molecule has 0 amide bonds. The number of hydrogen-bond donors (Lipinski definition) is 0. The van der Waals surface area contributed by atoms with Crippen molar-refractivity contribution in [3.63, 3.8) is 0 Å². The molecule has 2 aromatic heterocycles. The summed E-state index contributed by atoms with van der Waals surface area (Å²) in [6, 6.07) is 15.5. The summed E-state index contributed by atoms with van der Waals surface area (Å²) in [5.74, 6) is 0. The van der Waals surface area contributed by atoms with Crippen LogP contribution in [0.5, 0.6) is 0 Å². The van der Waals surface area contributed by atoms with Crippen LogP contribution < -0.4 is 5.56 Å². The molecule has 0 unspecified atom stereocenters. The first kappa shape index (κ1) is 17.7. The summed E-state index contributed by atoms with van der Waals surface area (Å²) in [4.78, 5) is 18.4. The van der Waals surface area contributed by atoms with E-state index in [-0.39, 0.29) is 5.56 Å². The average molecular weight is 436 g/mol. The van der Waals surface area contributed by atoms with Crippen molar-refractivity contribution in [2.45, 2.75) is 13.5 Å². The van der Waals surface area contributed by atoms with Crippen LogP contribution in [0.4, 0.5) is 0 Å². The highest BCUT2D eigenvalue weighted by molar-refractivity contribution is 9.10. The highest BCUT2D eigenvalue weighted by atomic mass is 79.9. The van der Waals surface area contributed by atoms with Crippen molar-refractivity contribution in [1.29, 1.82) is 5.26 Å². The zero-order chi connectivity index (χ0) is 19.0. The van der Waals surface area contributed by atoms with E-state index in [2.05, 4.69) is 33.0 Å². The number of aromatic nitrogens is 2. The molecule has 4 rings (SSSR count). The van der Waals surface area contributed by atoms with E-state index in [1.165, 1.54) is 11.3 Å². The number of nitriles is 1. The zero-order valence-corrected chi connectivity index (χ0v) is 16.8. The number of aryl methyl sites for hydroxylation is 1. The molecule has 4 aromatic rings. The van der Waals surface area contributed by atoms with Crippen LogP contribution >= 0.6 is 27.3 Å². The van der Waals surface area contributed by atoms with E-state index in [1.54, 1.807) is 23.0 Å². The second-order valence-electron chi connectivity index (χ2n) is 6.30. The van der Waals surface area contributed by atoms with Gasteiger partial charge in [0.25, 0.3) is 5.56 Å². The summed E-state index contributed by atoms with van der Waals surface area (Å²) < 4.78 is 2.54. The van der Waals surface area contributed by atoms with Gasteiger partial charge in [0, 0.05) is 15.4 Å². The monoisotopic (exact) mass is 435 g/mol. The normalized spacial score (nSPS) is 10.9. The van der Waals surface area contributed by atoms with Gasteiger partial charge in [0.15, 0.2) is 0 Å². The molecule has 27 heavy (non-hydrogen) atoms. The molecular weight excluding hydrogens is 422 g/mol. The summed E-state index contributed by atoms with van der Waals surface area (Å²) in [6.07, 6.45) is 1.58. The minimum Gasteiger partial charge on any atom is -0.294 e. The minimum atomic E-state index is -0.0768. The van der Waals surface area contributed by atoms with Crippen LogP contribution in [-0.4, -0.2) is 9.55 Å². The Balaban J connectivity index is 1.86. The Bertz CT molecular complexity index is 1270. The Morgan fingerprint density at radius 3 is 2.89 bits per heavy atom. The number of rotatable bonds is 3. The molecule has 0 radical (unpaired) electrons. The number of hydrogen-bond acceptors (Lipinski definition) is 4. The number of benzene rings is 2. The quantitative estimate of drug-likeness (QED) is 0.448. The lowest BCUT2D eigenvalue weighted by Crippen LogP contribution is -2.21. The van der Waals surface area contributed by atoms with Crippen LogP contribution in [0.25, 0.3) is 21.3 Å². The molecule has 0 aliphatic rings. The molecular formula is C21H14BrN3OS. The van der Waals surface area contributed by atoms with Crippen molar-refractivity contribution in [3.8, 4) is 17.2 Å². The fourth-order valence-corrected chi connectivity index (χ4v) is 4.42. The largest absolute Gasteiger partial charge is 0.294 e. The maximum atomic E-state index is 13.2. The van der Waals surface area contributed by atoms with Gasteiger partial charge in [-0.3, -0.25) is 9.36 Å². The van der Waals surface area contributed by atoms with E-state index in [0.29, 0.717) is 17.5 Å². The predicted octanol–water partition coefficient (Wildman–Crippen LogP) is 5.12. The second-order valence-corrected chi connectivity index (χ2v) is 8.02. The first-order chi connectivity index (χ1) is 13.1. The lowest BCUT2D eigenvalue weighted by Gasteiger charge is -2.08. The Morgan fingerprint density at radius 1 is 1.22 bits per heavy atom. The van der Waals surface area contributed by atoms with E-state index in [0.717, 1.165) is 31.6 Å². The van der Waals surface area contributed by atoms with E-state index >= 15 is 0 Å². The highest BCUT2D eigenvalue weighted by Crippen LogP contribution is 2.35. The number of halogens is 1. The first-order valence-corrected chi connectivity index (χ1v) is 9.96. The molecule has 0 fully saturated rings. The van der Waals surface area contributed by atoms with Gasteiger partial charge < -0.3 is 0 Å². The smallest absolute Gasteiger partial charge is 0.263 e. The van der Waals surface area contributed by atoms with E-state index in [9.17, 15) is 4.79 Å². The average Bonchev–Trinajstić information content (AvgIpc) is 3.11. The molecule has 0 atom stereocenters. The molecule has 0 saturated heterocycles. The molecule has 4 nitrogen and oxygen atoms in total. The van der Waals surface area contributed by atoms with Crippen LogP contribution in [0.15, 0.2) is 63.4 Å². The summed E-state index contributed by atoms with van der Waals surface area (Å²) in [5.41, 5.74) is 4.41. The maximum Gasteiger partial charge on any atom is 0.263 e. The number of nitrogens with zero attached hydrogens (tertiary/aromatic N) is 3. The SMILES string of the molecule is Cc1ccc(Br)c(-c2csc3ncn(Cc4cccc(C#N)c4)c(=O)c23)c1. The van der Waals surface area contributed by atoms with E-state index in [4.69, 9.17) is 5.26 Å². The lowest BCUT2D eigenvalue weighted by atomic mass is 10.0. The number of fused-ring (bicyclic) bond motifs is 1.